The highest BCUT2D eigenvalue weighted by molar-refractivity contribution is 6.08. The van der Waals surface area contributed by atoms with Crippen LogP contribution in [0.1, 0.15) is 28.9 Å². The van der Waals surface area contributed by atoms with Crippen LogP contribution < -0.4 is 9.80 Å². The third-order valence-corrected chi connectivity index (χ3v) is 4.76. The lowest BCUT2D eigenvalue weighted by molar-refractivity contribution is 0.0978. The summed E-state index contributed by atoms with van der Waals surface area (Å²) in [5.41, 5.74) is 4.08. The van der Waals surface area contributed by atoms with Crippen molar-refractivity contribution in [2.24, 2.45) is 7.05 Å². The molecule has 0 bridgehead atoms. The molecule has 1 aromatic carbocycles. The van der Waals surface area contributed by atoms with E-state index in [1.807, 2.05) is 41.8 Å². The van der Waals surface area contributed by atoms with Crippen LogP contribution >= 0.6 is 0 Å². The van der Waals surface area contributed by atoms with E-state index in [4.69, 9.17) is 0 Å². The van der Waals surface area contributed by atoms with Gasteiger partial charge in [0.1, 0.15) is 5.69 Å². The lowest BCUT2D eigenvalue weighted by atomic mass is 10.1. The number of benzene rings is 1. The topological polar surface area (TPSA) is 28.5 Å². The van der Waals surface area contributed by atoms with E-state index in [2.05, 4.69) is 23.1 Å². The Morgan fingerprint density at radius 3 is 2.45 bits per heavy atom. The highest BCUT2D eigenvalue weighted by Gasteiger charge is 2.36. The second-order valence-electron chi connectivity index (χ2n) is 6.33. The summed E-state index contributed by atoms with van der Waals surface area (Å²) in [7, 11) is 1.94. The number of amides is 1. The van der Waals surface area contributed by atoms with E-state index >= 15 is 0 Å². The number of hydrogen-bond acceptors (Lipinski definition) is 2. The maximum atomic E-state index is 13.0. The largest absolute Gasteiger partial charge is 0.365 e. The highest BCUT2D eigenvalue weighted by Crippen LogP contribution is 2.40. The number of aromatic nitrogens is 1. The summed E-state index contributed by atoms with van der Waals surface area (Å²) in [6.07, 6.45) is 4.51. The molecule has 0 atom stereocenters. The van der Waals surface area contributed by atoms with Crippen molar-refractivity contribution in [2.45, 2.75) is 25.8 Å². The van der Waals surface area contributed by atoms with E-state index in [-0.39, 0.29) is 5.91 Å². The molecule has 1 aliphatic carbocycles. The quantitative estimate of drug-likeness (QED) is 0.852. The molecule has 1 aliphatic heterocycles. The van der Waals surface area contributed by atoms with Crippen molar-refractivity contribution in [1.29, 1.82) is 0 Å². The van der Waals surface area contributed by atoms with Crippen molar-refractivity contribution >= 4 is 17.3 Å². The molecule has 22 heavy (non-hydrogen) atoms. The van der Waals surface area contributed by atoms with Crippen molar-refractivity contribution in [3.8, 4) is 0 Å². The van der Waals surface area contributed by atoms with Gasteiger partial charge in [-0.05, 0) is 43.5 Å². The fourth-order valence-electron chi connectivity index (χ4n) is 3.46. The van der Waals surface area contributed by atoms with Gasteiger partial charge in [-0.3, -0.25) is 4.79 Å². The van der Waals surface area contributed by atoms with Gasteiger partial charge < -0.3 is 14.4 Å². The van der Waals surface area contributed by atoms with Gasteiger partial charge in [-0.25, -0.2) is 0 Å². The highest BCUT2D eigenvalue weighted by atomic mass is 16.2. The molecule has 0 spiro atoms. The Morgan fingerprint density at radius 2 is 1.82 bits per heavy atom. The van der Waals surface area contributed by atoms with E-state index in [0.29, 0.717) is 6.04 Å². The Kier molecular flexibility index (Phi) is 2.99. The number of carbonyl (C=O) groups is 1. The Morgan fingerprint density at radius 1 is 1.09 bits per heavy atom. The van der Waals surface area contributed by atoms with Crippen molar-refractivity contribution < 1.29 is 4.79 Å². The molecule has 0 radical (unpaired) electrons. The molecule has 2 aliphatic rings. The fourth-order valence-corrected chi connectivity index (χ4v) is 3.46. The van der Waals surface area contributed by atoms with Gasteiger partial charge >= 0.3 is 0 Å². The van der Waals surface area contributed by atoms with Gasteiger partial charge in [0, 0.05) is 32.4 Å². The summed E-state index contributed by atoms with van der Waals surface area (Å²) in [6, 6.07) is 11.0. The number of rotatable bonds is 2. The number of fused-ring (bicyclic) bond motifs is 1. The van der Waals surface area contributed by atoms with Gasteiger partial charge in [0.15, 0.2) is 0 Å². The molecule has 4 heteroatoms. The molecule has 0 unspecified atom stereocenters. The molecule has 2 heterocycles. The molecule has 1 fully saturated rings. The van der Waals surface area contributed by atoms with Gasteiger partial charge in [0.25, 0.3) is 5.91 Å². The van der Waals surface area contributed by atoms with E-state index < -0.39 is 0 Å². The summed E-state index contributed by atoms with van der Waals surface area (Å²) in [5.74, 6) is 0.105. The molecular formula is C18H21N3O. The number of para-hydroxylation sites is 2. The first-order chi connectivity index (χ1) is 10.7. The third kappa shape index (κ3) is 2.02. The monoisotopic (exact) mass is 295 g/mol. The third-order valence-electron chi connectivity index (χ3n) is 4.76. The summed E-state index contributed by atoms with van der Waals surface area (Å²) < 4.78 is 1.92. The second kappa shape index (κ2) is 4.90. The zero-order valence-corrected chi connectivity index (χ0v) is 13.1. The SMILES string of the molecule is Cc1ccn(C)c1C(=O)N1CCN(C2CC2)c2ccccc21. The maximum absolute atomic E-state index is 13.0. The zero-order chi connectivity index (χ0) is 15.3. The van der Waals surface area contributed by atoms with Gasteiger partial charge in [0.05, 0.1) is 11.4 Å². The smallest absolute Gasteiger partial charge is 0.275 e. The van der Waals surface area contributed by atoms with Gasteiger partial charge in [0.2, 0.25) is 0 Å². The normalized spacial score (nSPS) is 17.5. The Balaban J connectivity index is 1.74. The first-order valence-electron chi connectivity index (χ1n) is 7.96. The minimum atomic E-state index is 0.105. The second-order valence-corrected chi connectivity index (χ2v) is 6.33. The molecule has 0 saturated heterocycles. The van der Waals surface area contributed by atoms with Crippen molar-refractivity contribution in [2.75, 3.05) is 22.9 Å². The Labute approximate surface area is 130 Å². The van der Waals surface area contributed by atoms with E-state index in [1.54, 1.807) is 0 Å². The van der Waals surface area contributed by atoms with Crippen LogP contribution in [0, 0.1) is 6.92 Å². The number of anilines is 2. The predicted octanol–water partition coefficient (Wildman–Crippen LogP) is 2.96. The van der Waals surface area contributed by atoms with Crippen LogP contribution in [-0.4, -0.2) is 29.6 Å². The minimum absolute atomic E-state index is 0.105. The Hall–Kier alpha value is -2.23. The molecule has 114 valence electrons. The van der Waals surface area contributed by atoms with Crippen LogP contribution in [0.2, 0.25) is 0 Å². The average molecular weight is 295 g/mol. The lowest BCUT2D eigenvalue weighted by Gasteiger charge is -2.38. The number of hydrogen-bond donors (Lipinski definition) is 0. The molecule has 1 amide bonds. The van der Waals surface area contributed by atoms with Crippen molar-refractivity contribution in [1.82, 2.24) is 4.57 Å². The predicted molar refractivity (Wildman–Crippen MR) is 88.6 cm³/mol. The molecule has 4 rings (SSSR count). The summed E-state index contributed by atoms with van der Waals surface area (Å²) >= 11 is 0. The van der Waals surface area contributed by atoms with E-state index in [1.165, 1.54) is 18.5 Å². The standard InChI is InChI=1S/C18H21N3O/c1-13-9-10-19(2)17(13)18(22)21-12-11-20(14-7-8-14)15-5-3-4-6-16(15)21/h3-6,9-10,14H,7-8,11-12H2,1-2H3. The van der Waals surface area contributed by atoms with Crippen LogP contribution in [0.5, 0.6) is 0 Å². The summed E-state index contributed by atoms with van der Waals surface area (Å²) in [5, 5.41) is 0. The molecule has 0 N–H and O–H groups in total. The van der Waals surface area contributed by atoms with Gasteiger partial charge in [-0.15, -0.1) is 0 Å². The Bertz CT molecular complexity index is 710. The number of aryl methyl sites for hydroxylation is 2. The number of nitrogens with zero attached hydrogens (tertiary/aromatic N) is 3. The van der Waals surface area contributed by atoms with Gasteiger partial charge in [-0.2, -0.15) is 0 Å². The molecule has 1 saturated carbocycles. The van der Waals surface area contributed by atoms with Crippen LogP contribution in [0.3, 0.4) is 0 Å². The van der Waals surface area contributed by atoms with Crippen LogP contribution in [0.25, 0.3) is 0 Å². The summed E-state index contributed by atoms with van der Waals surface area (Å²) in [4.78, 5) is 17.5. The zero-order valence-electron chi connectivity index (χ0n) is 13.1. The molecule has 1 aromatic heterocycles. The van der Waals surface area contributed by atoms with Crippen molar-refractivity contribution in [3.63, 3.8) is 0 Å². The molecule has 4 nitrogen and oxygen atoms in total. The molecular weight excluding hydrogens is 274 g/mol. The summed E-state index contributed by atoms with van der Waals surface area (Å²) in [6.45, 7) is 3.69. The molecule has 2 aromatic rings. The van der Waals surface area contributed by atoms with Gasteiger partial charge in [-0.1, -0.05) is 12.1 Å². The fraction of sp³-hybridized carbons (Fsp3) is 0.389. The van der Waals surface area contributed by atoms with Crippen LogP contribution in [0.15, 0.2) is 36.5 Å². The van der Waals surface area contributed by atoms with Crippen LogP contribution in [0.4, 0.5) is 11.4 Å². The van der Waals surface area contributed by atoms with Crippen molar-refractivity contribution in [3.05, 3.63) is 47.8 Å². The maximum Gasteiger partial charge on any atom is 0.275 e. The van der Waals surface area contributed by atoms with E-state index in [9.17, 15) is 4.79 Å². The minimum Gasteiger partial charge on any atom is -0.365 e. The average Bonchev–Trinajstić information content (AvgIpc) is 3.31. The lowest BCUT2D eigenvalue weighted by Crippen LogP contribution is -2.45. The van der Waals surface area contributed by atoms with Crippen LogP contribution in [-0.2, 0) is 7.05 Å². The van der Waals surface area contributed by atoms with E-state index in [0.717, 1.165) is 30.0 Å². The first kappa shape index (κ1) is 13.4. The number of carbonyl (C=O) groups excluding carboxylic acids is 1. The first-order valence-corrected chi connectivity index (χ1v) is 7.96.